The quantitative estimate of drug-likeness (QED) is 0.401. The molecule has 1 N–H and O–H groups in total. The van der Waals surface area contributed by atoms with E-state index in [4.69, 9.17) is 27.9 Å². The molecule has 0 fully saturated rings. The predicted octanol–water partition coefficient (Wildman–Crippen LogP) is 5.65. The standard InChI is InChI=1S/C20H17Cl2F3N4O2S/c1-31-9-8-29-18(12-2-5-14(21)6-3-12)27-28-19(29)32-11-17(30)26-16-10-13(20(23,24)25)4-7-15(16)22/h2-7,10H,8-9,11H2,1H3,(H,26,30). The van der Waals surface area contributed by atoms with Crippen LogP contribution in [0.2, 0.25) is 10.0 Å². The number of alkyl halides is 3. The van der Waals surface area contributed by atoms with Gasteiger partial charge in [-0.1, -0.05) is 35.0 Å². The summed E-state index contributed by atoms with van der Waals surface area (Å²) in [7, 11) is 1.56. The normalized spacial score (nSPS) is 11.6. The zero-order valence-corrected chi connectivity index (χ0v) is 18.9. The van der Waals surface area contributed by atoms with E-state index in [2.05, 4.69) is 15.5 Å². The summed E-state index contributed by atoms with van der Waals surface area (Å²) in [5, 5.41) is 11.8. The Morgan fingerprint density at radius 3 is 2.53 bits per heavy atom. The van der Waals surface area contributed by atoms with Gasteiger partial charge in [0, 0.05) is 17.7 Å². The molecule has 0 radical (unpaired) electrons. The summed E-state index contributed by atoms with van der Waals surface area (Å²) in [4.78, 5) is 12.4. The lowest BCUT2D eigenvalue weighted by Crippen LogP contribution is -2.16. The number of benzene rings is 2. The number of carbonyl (C=O) groups excluding carboxylic acids is 1. The minimum Gasteiger partial charge on any atom is -0.383 e. The SMILES string of the molecule is COCCn1c(SCC(=O)Nc2cc(C(F)(F)F)ccc2Cl)nnc1-c1ccc(Cl)cc1. The number of aromatic nitrogens is 3. The number of carbonyl (C=O) groups is 1. The predicted molar refractivity (Wildman–Crippen MR) is 118 cm³/mol. The van der Waals surface area contributed by atoms with Crippen LogP contribution in [-0.4, -0.2) is 40.1 Å². The molecule has 2 aromatic carbocycles. The Morgan fingerprint density at radius 1 is 1.16 bits per heavy atom. The molecule has 6 nitrogen and oxygen atoms in total. The maximum absolute atomic E-state index is 12.9. The smallest absolute Gasteiger partial charge is 0.383 e. The van der Waals surface area contributed by atoms with Gasteiger partial charge in [-0.25, -0.2) is 0 Å². The second-order valence-corrected chi connectivity index (χ2v) is 8.27. The van der Waals surface area contributed by atoms with E-state index in [0.717, 1.165) is 35.5 Å². The topological polar surface area (TPSA) is 69.0 Å². The molecule has 1 amide bonds. The van der Waals surface area contributed by atoms with Crippen LogP contribution in [0.3, 0.4) is 0 Å². The summed E-state index contributed by atoms with van der Waals surface area (Å²) in [6, 6.07) is 9.79. The lowest BCUT2D eigenvalue weighted by atomic mass is 10.2. The Balaban J connectivity index is 1.74. The molecule has 0 aliphatic rings. The van der Waals surface area contributed by atoms with E-state index >= 15 is 0 Å². The van der Waals surface area contributed by atoms with Crippen molar-refractivity contribution in [1.82, 2.24) is 14.8 Å². The van der Waals surface area contributed by atoms with Crippen molar-refractivity contribution in [3.8, 4) is 11.4 Å². The van der Waals surface area contributed by atoms with E-state index in [1.807, 2.05) is 0 Å². The molecular formula is C20H17Cl2F3N4O2S. The molecule has 3 rings (SSSR count). The number of hydrogen-bond donors (Lipinski definition) is 1. The summed E-state index contributed by atoms with van der Waals surface area (Å²) >= 11 is 13.0. The number of nitrogens with zero attached hydrogens (tertiary/aromatic N) is 3. The van der Waals surface area contributed by atoms with Crippen molar-refractivity contribution in [2.45, 2.75) is 17.9 Å². The first-order valence-corrected chi connectivity index (χ1v) is 10.9. The number of methoxy groups -OCH3 is 1. The fourth-order valence-electron chi connectivity index (χ4n) is 2.71. The lowest BCUT2D eigenvalue weighted by molar-refractivity contribution is -0.137. The molecule has 1 aromatic heterocycles. The summed E-state index contributed by atoms with van der Waals surface area (Å²) in [6.45, 7) is 0.823. The van der Waals surface area contributed by atoms with Gasteiger partial charge in [-0.05, 0) is 42.5 Å². The van der Waals surface area contributed by atoms with Crippen LogP contribution in [0.15, 0.2) is 47.6 Å². The summed E-state index contributed by atoms with van der Waals surface area (Å²) in [6.07, 6.45) is -4.55. The number of rotatable bonds is 8. The molecule has 32 heavy (non-hydrogen) atoms. The zero-order valence-electron chi connectivity index (χ0n) is 16.6. The van der Waals surface area contributed by atoms with Gasteiger partial charge in [0.05, 0.1) is 35.2 Å². The Labute approximate surface area is 196 Å². The van der Waals surface area contributed by atoms with Crippen LogP contribution in [0.25, 0.3) is 11.4 Å². The van der Waals surface area contributed by atoms with E-state index < -0.39 is 17.6 Å². The second kappa shape index (κ2) is 10.6. The second-order valence-electron chi connectivity index (χ2n) is 6.49. The van der Waals surface area contributed by atoms with E-state index in [1.54, 1.807) is 35.9 Å². The van der Waals surface area contributed by atoms with Crippen LogP contribution < -0.4 is 5.32 Å². The minimum atomic E-state index is -4.55. The molecule has 3 aromatic rings. The first-order valence-electron chi connectivity index (χ1n) is 9.16. The monoisotopic (exact) mass is 504 g/mol. The maximum atomic E-state index is 12.9. The van der Waals surface area contributed by atoms with E-state index in [1.165, 1.54) is 0 Å². The summed E-state index contributed by atoms with van der Waals surface area (Å²) < 4.78 is 45.7. The average molecular weight is 505 g/mol. The summed E-state index contributed by atoms with van der Waals surface area (Å²) in [5.41, 5.74) is -0.239. The first kappa shape index (κ1) is 24.4. The summed E-state index contributed by atoms with van der Waals surface area (Å²) in [5.74, 6) is -0.0775. The van der Waals surface area contributed by atoms with Crippen molar-refractivity contribution in [2.24, 2.45) is 0 Å². The van der Waals surface area contributed by atoms with E-state index in [9.17, 15) is 18.0 Å². The van der Waals surface area contributed by atoms with Crippen LogP contribution >= 0.6 is 35.0 Å². The van der Waals surface area contributed by atoms with Crippen molar-refractivity contribution in [2.75, 3.05) is 24.8 Å². The number of amides is 1. The van der Waals surface area contributed by atoms with Crippen molar-refractivity contribution in [1.29, 1.82) is 0 Å². The van der Waals surface area contributed by atoms with Crippen LogP contribution in [0.1, 0.15) is 5.56 Å². The third-order valence-corrected chi connectivity index (χ3v) is 5.79. The van der Waals surface area contributed by atoms with E-state index in [0.29, 0.717) is 29.2 Å². The van der Waals surface area contributed by atoms with Gasteiger partial charge < -0.3 is 10.1 Å². The van der Waals surface area contributed by atoms with Crippen LogP contribution in [0, 0.1) is 0 Å². The molecule has 170 valence electrons. The lowest BCUT2D eigenvalue weighted by Gasteiger charge is -2.12. The Bertz CT molecular complexity index is 1090. The Hall–Kier alpha value is -2.27. The molecular weight excluding hydrogens is 488 g/mol. The number of ether oxygens (including phenoxy) is 1. The Kier molecular flexibility index (Phi) is 8.05. The van der Waals surface area contributed by atoms with Gasteiger partial charge in [0.15, 0.2) is 11.0 Å². The van der Waals surface area contributed by atoms with Crippen molar-refractivity contribution in [3.05, 3.63) is 58.1 Å². The fourth-order valence-corrected chi connectivity index (χ4v) is 3.76. The highest BCUT2D eigenvalue weighted by molar-refractivity contribution is 7.99. The van der Waals surface area contributed by atoms with Gasteiger partial charge in [0.2, 0.25) is 5.91 Å². The number of halogens is 5. The molecule has 0 aliphatic carbocycles. The van der Waals surface area contributed by atoms with Gasteiger partial charge in [0.25, 0.3) is 0 Å². The first-order chi connectivity index (χ1) is 15.2. The molecule has 0 bridgehead atoms. The largest absolute Gasteiger partial charge is 0.416 e. The molecule has 0 saturated carbocycles. The van der Waals surface area contributed by atoms with Crippen molar-refractivity contribution in [3.63, 3.8) is 0 Å². The molecule has 1 heterocycles. The van der Waals surface area contributed by atoms with Gasteiger partial charge in [-0.15, -0.1) is 10.2 Å². The number of anilines is 1. The maximum Gasteiger partial charge on any atom is 0.416 e. The van der Waals surface area contributed by atoms with Gasteiger partial charge >= 0.3 is 6.18 Å². The van der Waals surface area contributed by atoms with Crippen LogP contribution in [0.4, 0.5) is 18.9 Å². The highest BCUT2D eigenvalue weighted by Crippen LogP contribution is 2.34. The molecule has 0 unspecified atom stereocenters. The zero-order chi connectivity index (χ0) is 23.3. The van der Waals surface area contributed by atoms with Crippen LogP contribution in [0.5, 0.6) is 0 Å². The number of hydrogen-bond acceptors (Lipinski definition) is 5. The van der Waals surface area contributed by atoms with Crippen LogP contribution in [-0.2, 0) is 22.3 Å². The highest BCUT2D eigenvalue weighted by Gasteiger charge is 2.31. The number of thioether (sulfide) groups is 1. The minimum absolute atomic E-state index is 0.00429. The van der Waals surface area contributed by atoms with E-state index in [-0.39, 0.29) is 16.5 Å². The van der Waals surface area contributed by atoms with Crippen molar-refractivity contribution < 1.29 is 22.7 Å². The average Bonchev–Trinajstić information content (AvgIpc) is 3.14. The third-order valence-electron chi connectivity index (χ3n) is 4.24. The molecule has 0 saturated heterocycles. The van der Waals surface area contributed by atoms with Gasteiger partial charge in [0.1, 0.15) is 0 Å². The highest BCUT2D eigenvalue weighted by atomic mass is 35.5. The molecule has 0 atom stereocenters. The number of nitrogens with one attached hydrogen (secondary N) is 1. The van der Waals surface area contributed by atoms with Gasteiger partial charge in [-0.2, -0.15) is 13.2 Å². The third kappa shape index (κ3) is 6.16. The fraction of sp³-hybridized carbons (Fsp3) is 0.250. The Morgan fingerprint density at radius 2 is 1.88 bits per heavy atom. The van der Waals surface area contributed by atoms with Crippen molar-refractivity contribution >= 4 is 46.6 Å². The molecule has 0 aliphatic heterocycles. The molecule has 12 heteroatoms. The molecule has 0 spiro atoms. The van der Waals surface area contributed by atoms with Gasteiger partial charge in [-0.3, -0.25) is 9.36 Å².